The molecule has 0 bridgehead atoms. The van der Waals surface area contributed by atoms with Crippen molar-refractivity contribution in [2.75, 3.05) is 5.73 Å². The second-order valence-electron chi connectivity index (χ2n) is 4.98. The maximum absolute atomic E-state index is 6.13. The fraction of sp³-hybridized carbons (Fsp3) is 0.500. The van der Waals surface area contributed by atoms with Crippen molar-refractivity contribution in [3.63, 3.8) is 0 Å². The van der Waals surface area contributed by atoms with E-state index in [0.717, 1.165) is 36.3 Å². The van der Waals surface area contributed by atoms with Crippen LogP contribution < -0.4 is 5.73 Å². The third-order valence-electron chi connectivity index (χ3n) is 3.75. The molecule has 2 aromatic heterocycles. The Labute approximate surface area is 112 Å². The maximum Gasteiger partial charge on any atom is 0.180 e. The van der Waals surface area contributed by atoms with Crippen molar-refractivity contribution in [2.45, 2.75) is 45.6 Å². The number of nitrogens with two attached hydrogens (primary N) is 1. The molecule has 2 heterocycles. The molecule has 2 N–H and O–H groups in total. The Hall–Kier alpha value is -1.91. The SMILES string of the molecule is CCn1cncc1-c1nc(N)c2c(n1)CCCCC2. The van der Waals surface area contributed by atoms with Crippen molar-refractivity contribution < 1.29 is 0 Å². The van der Waals surface area contributed by atoms with Crippen molar-refractivity contribution in [3.8, 4) is 11.5 Å². The maximum atomic E-state index is 6.13. The highest BCUT2D eigenvalue weighted by atomic mass is 15.1. The third kappa shape index (κ3) is 2.20. The molecule has 1 aliphatic rings. The first-order valence-corrected chi connectivity index (χ1v) is 6.95. The quantitative estimate of drug-likeness (QED) is 0.837. The number of hydrogen-bond acceptors (Lipinski definition) is 4. The van der Waals surface area contributed by atoms with Crippen LogP contribution in [-0.4, -0.2) is 19.5 Å². The Bertz CT molecular complexity index is 588. The van der Waals surface area contributed by atoms with E-state index in [2.05, 4.69) is 16.9 Å². The summed E-state index contributed by atoms with van der Waals surface area (Å²) in [6.45, 7) is 2.94. The van der Waals surface area contributed by atoms with Gasteiger partial charge in [-0.1, -0.05) is 6.42 Å². The fourth-order valence-corrected chi connectivity index (χ4v) is 2.67. The van der Waals surface area contributed by atoms with Crippen LogP contribution in [0.25, 0.3) is 11.5 Å². The molecule has 5 heteroatoms. The molecular formula is C14H19N5. The molecule has 0 aromatic carbocycles. The van der Waals surface area contributed by atoms with Gasteiger partial charge in [-0.3, -0.25) is 0 Å². The van der Waals surface area contributed by atoms with Gasteiger partial charge in [0.1, 0.15) is 11.5 Å². The molecule has 0 saturated carbocycles. The summed E-state index contributed by atoms with van der Waals surface area (Å²) in [5, 5.41) is 0. The van der Waals surface area contributed by atoms with Gasteiger partial charge in [0.05, 0.1) is 12.5 Å². The normalized spacial score (nSPS) is 15.0. The van der Waals surface area contributed by atoms with Crippen molar-refractivity contribution >= 4 is 5.82 Å². The molecule has 0 unspecified atom stereocenters. The summed E-state index contributed by atoms with van der Waals surface area (Å²) in [7, 11) is 0. The number of nitrogen functional groups attached to an aromatic ring is 1. The van der Waals surface area contributed by atoms with Crippen molar-refractivity contribution in [3.05, 3.63) is 23.8 Å². The average molecular weight is 257 g/mol. The highest BCUT2D eigenvalue weighted by Gasteiger charge is 2.17. The zero-order chi connectivity index (χ0) is 13.2. The van der Waals surface area contributed by atoms with E-state index in [-0.39, 0.29) is 0 Å². The predicted molar refractivity (Wildman–Crippen MR) is 74.6 cm³/mol. The molecule has 100 valence electrons. The van der Waals surface area contributed by atoms with E-state index in [0.29, 0.717) is 11.6 Å². The second-order valence-corrected chi connectivity index (χ2v) is 4.98. The Morgan fingerprint density at radius 1 is 1.21 bits per heavy atom. The van der Waals surface area contributed by atoms with Crippen LogP contribution in [0.15, 0.2) is 12.5 Å². The minimum absolute atomic E-state index is 0.644. The van der Waals surface area contributed by atoms with Crippen LogP contribution in [0.1, 0.15) is 37.4 Å². The van der Waals surface area contributed by atoms with Gasteiger partial charge in [-0.05, 0) is 32.6 Å². The summed E-state index contributed by atoms with van der Waals surface area (Å²) in [4.78, 5) is 13.4. The highest BCUT2D eigenvalue weighted by molar-refractivity contribution is 5.55. The van der Waals surface area contributed by atoms with Crippen LogP contribution in [0, 0.1) is 0 Å². The summed E-state index contributed by atoms with van der Waals surface area (Å²) in [5.41, 5.74) is 9.36. The number of fused-ring (bicyclic) bond motifs is 1. The molecule has 5 nitrogen and oxygen atoms in total. The first-order valence-electron chi connectivity index (χ1n) is 6.95. The summed E-state index contributed by atoms with van der Waals surface area (Å²) < 4.78 is 2.04. The third-order valence-corrected chi connectivity index (χ3v) is 3.75. The van der Waals surface area contributed by atoms with E-state index in [9.17, 15) is 0 Å². The van der Waals surface area contributed by atoms with Gasteiger partial charge in [0.15, 0.2) is 5.82 Å². The lowest BCUT2D eigenvalue weighted by molar-refractivity contribution is 0.708. The molecular weight excluding hydrogens is 238 g/mol. The van der Waals surface area contributed by atoms with E-state index in [1.54, 1.807) is 12.5 Å². The molecule has 0 atom stereocenters. The van der Waals surface area contributed by atoms with Gasteiger partial charge in [-0.2, -0.15) is 0 Å². The topological polar surface area (TPSA) is 69.6 Å². The Balaban J connectivity index is 2.09. The van der Waals surface area contributed by atoms with Crippen molar-refractivity contribution in [1.82, 2.24) is 19.5 Å². The number of aryl methyl sites for hydroxylation is 2. The lowest BCUT2D eigenvalue weighted by atomic mass is 10.1. The van der Waals surface area contributed by atoms with Crippen LogP contribution >= 0.6 is 0 Å². The van der Waals surface area contributed by atoms with E-state index in [1.165, 1.54) is 19.3 Å². The van der Waals surface area contributed by atoms with E-state index in [1.807, 2.05) is 4.57 Å². The van der Waals surface area contributed by atoms with E-state index in [4.69, 9.17) is 10.7 Å². The summed E-state index contributed by atoms with van der Waals surface area (Å²) in [6.07, 6.45) is 9.26. The molecule has 3 rings (SSSR count). The summed E-state index contributed by atoms with van der Waals surface area (Å²) in [5.74, 6) is 1.35. The number of nitrogens with zero attached hydrogens (tertiary/aromatic N) is 4. The van der Waals surface area contributed by atoms with Gasteiger partial charge < -0.3 is 10.3 Å². The zero-order valence-electron chi connectivity index (χ0n) is 11.3. The molecule has 1 aliphatic carbocycles. The van der Waals surface area contributed by atoms with Crippen LogP contribution in [0.4, 0.5) is 5.82 Å². The van der Waals surface area contributed by atoms with Gasteiger partial charge in [0.25, 0.3) is 0 Å². The largest absolute Gasteiger partial charge is 0.383 e. The molecule has 0 amide bonds. The Morgan fingerprint density at radius 2 is 2.05 bits per heavy atom. The average Bonchev–Trinajstić information content (AvgIpc) is 2.76. The Kier molecular flexibility index (Phi) is 3.19. The number of aromatic nitrogens is 4. The van der Waals surface area contributed by atoms with Gasteiger partial charge >= 0.3 is 0 Å². The molecule has 0 fully saturated rings. The fourth-order valence-electron chi connectivity index (χ4n) is 2.67. The van der Waals surface area contributed by atoms with E-state index < -0.39 is 0 Å². The molecule has 0 aliphatic heterocycles. The lowest BCUT2D eigenvalue weighted by Crippen LogP contribution is -2.08. The highest BCUT2D eigenvalue weighted by Crippen LogP contribution is 2.26. The summed E-state index contributed by atoms with van der Waals surface area (Å²) >= 11 is 0. The molecule has 0 spiro atoms. The smallest absolute Gasteiger partial charge is 0.180 e. The monoisotopic (exact) mass is 257 g/mol. The predicted octanol–water partition coefficient (Wildman–Crippen LogP) is 2.21. The standard InChI is InChI=1S/C14H19N5/c1-2-19-9-16-8-12(19)14-17-11-7-5-3-4-6-10(11)13(15)18-14/h8-9H,2-7H2,1H3,(H2,15,17,18). The zero-order valence-corrected chi connectivity index (χ0v) is 11.3. The number of anilines is 1. The molecule has 2 aromatic rings. The number of imidazole rings is 1. The van der Waals surface area contributed by atoms with Gasteiger partial charge in [-0.15, -0.1) is 0 Å². The van der Waals surface area contributed by atoms with Gasteiger partial charge in [0, 0.05) is 17.8 Å². The first kappa shape index (κ1) is 12.1. The van der Waals surface area contributed by atoms with E-state index >= 15 is 0 Å². The van der Waals surface area contributed by atoms with Crippen LogP contribution in [-0.2, 0) is 19.4 Å². The number of rotatable bonds is 2. The van der Waals surface area contributed by atoms with Crippen LogP contribution in [0.5, 0.6) is 0 Å². The molecule has 19 heavy (non-hydrogen) atoms. The van der Waals surface area contributed by atoms with Crippen molar-refractivity contribution in [1.29, 1.82) is 0 Å². The van der Waals surface area contributed by atoms with Crippen LogP contribution in [0.3, 0.4) is 0 Å². The first-order chi connectivity index (χ1) is 9.29. The minimum Gasteiger partial charge on any atom is -0.383 e. The van der Waals surface area contributed by atoms with Gasteiger partial charge in [0.2, 0.25) is 0 Å². The Morgan fingerprint density at radius 3 is 2.89 bits per heavy atom. The summed E-state index contributed by atoms with van der Waals surface area (Å²) in [6, 6.07) is 0. The molecule has 0 radical (unpaired) electrons. The van der Waals surface area contributed by atoms with Gasteiger partial charge in [-0.25, -0.2) is 15.0 Å². The van der Waals surface area contributed by atoms with Crippen LogP contribution in [0.2, 0.25) is 0 Å². The number of hydrogen-bond donors (Lipinski definition) is 1. The van der Waals surface area contributed by atoms with Crippen molar-refractivity contribution in [2.24, 2.45) is 0 Å². The second kappa shape index (κ2) is 4.99. The lowest BCUT2D eigenvalue weighted by Gasteiger charge is -2.11. The minimum atomic E-state index is 0.644. The molecule has 0 saturated heterocycles.